The molecule has 96 heavy (non-hydrogen) atoms. The SMILES string of the molecule is C=C(CNC(=O)[C@H](CCC(=O)NCCO[C@H](CO)[C@@H](O)[C@H](O)CO)NC(=O)CCCCCN1C(=O)C=CC1=O)NCC(=O)N[C@@H](Cc1ccccc1)C(=O)NCC(=O)NCOCC(=O)N[C@@H]1CCc2cc(OC)cc3nc4c(c1c23)Cn1c-4cc2c(c1=O)COC(=O)[C@]2(O)CC. The Morgan fingerprint density at radius 3 is 2.24 bits per heavy atom. The number of rotatable bonds is 37. The molecule has 2 aromatic carbocycles. The molecule has 0 fully saturated rings. The van der Waals surface area contributed by atoms with E-state index in [1.165, 1.54) is 23.8 Å². The Labute approximate surface area is 550 Å². The molecule has 516 valence electrons. The first-order chi connectivity index (χ1) is 46.1. The second-order valence-electron chi connectivity index (χ2n) is 23.4. The molecule has 0 radical (unpaired) electrons. The molecule has 0 bridgehead atoms. The maximum atomic E-state index is 14.1. The molecule has 8 rings (SSSR count). The topological polar surface area (TPSA) is 443 Å². The van der Waals surface area contributed by atoms with E-state index in [9.17, 15) is 73.2 Å². The predicted molar refractivity (Wildman–Crippen MR) is 339 cm³/mol. The van der Waals surface area contributed by atoms with Crippen LogP contribution in [0.1, 0.15) is 97.7 Å². The second-order valence-corrected chi connectivity index (χ2v) is 23.4. The summed E-state index contributed by atoms with van der Waals surface area (Å²) < 4.78 is 23.3. The van der Waals surface area contributed by atoms with Gasteiger partial charge in [0.2, 0.25) is 41.4 Å². The largest absolute Gasteiger partial charge is 0.497 e. The number of unbranched alkanes of at least 4 members (excludes halogenated alkanes) is 2. The van der Waals surface area contributed by atoms with Crippen LogP contribution in [-0.4, -0.2) is 203 Å². The summed E-state index contributed by atoms with van der Waals surface area (Å²) in [6.07, 6.45) is -0.375. The van der Waals surface area contributed by atoms with Gasteiger partial charge in [0.1, 0.15) is 56.1 Å². The molecule has 0 spiro atoms. The Kier molecular flexibility index (Phi) is 25.4. The zero-order valence-corrected chi connectivity index (χ0v) is 53.2. The third kappa shape index (κ3) is 18.1. The van der Waals surface area contributed by atoms with E-state index in [2.05, 4.69) is 49.1 Å². The number of nitrogens with one attached hydrogen (secondary N) is 8. The highest BCUT2D eigenvalue weighted by Crippen LogP contribution is 2.46. The van der Waals surface area contributed by atoms with Crippen LogP contribution in [0, 0.1) is 0 Å². The molecule has 13 N–H and O–H groups in total. The average molecular weight is 1340 g/mol. The number of aromatic nitrogens is 2. The van der Waals surface area contributed by atoms with E-state index in [4.69, 9.17) is 29.0 Å². The lowest BCUT2D eigenvalue weighted by Crippen LogP contribution is -2.52. The molecule has 3 aliphatic heterocycles. The predicted octanol–water partition coefficient (Wildman–Crippen LogP) is -2.70. The van der Waals surface area contributed by atoms with E-state index in [1.54, 1.807) is 49.4 Å². The van der Waals surface area contributed by atoms with Crippen molar-refractivity contribution in [3.63, 3.8) is 0 Å². The van der Waals surface area contributed by atoms with E-state index in [-0.39, 0.29) is 88.3 Å². The van der Waals surface area contributed by atoms with Crippen LogP contribution in [0.5, 0.6) is 5.75 Å². The van der Waals surface area contributed by atoms with Crippen LogP contribution in [0.25, 0.3) is 22.3 Å². The smallest absolute Gasteiger partial charge is 0.343 e. The number of aliphatic hydroxyl groups excluding tert-OH is 4. The quantitative estimate of drug-likeness (QED) is 0.00833. The van der Waals surface area contributed by atoms with Crippen LogP contribution < -0.4 is 52.8 Å². The maximum absolute atomic E-state index is 14.1. The lowest BCUT2D eigenvalue weighted by Gasteiger charge is -2.31. The molecule has 2 aromatic heterocycles. The summed E-state index contributed by atoms with van der Waals surface area (Å²) in [5.74, 6) is -5.54. The minimum atomic E-state index is -2.03. The molecular weight excluding hydrogens is 1250 g/mol. The fourth-order valence-electron chi connectivity index (χ4n) is 11.6. The molecular formula is C65H81N11O20. The number of aliphatic hydroxyl groups is 5. The van der Waals surface area contributed by atoms with Crippen molar-refractivity contribution < 1.29 is 92.4 Å². The molecule has 5 heterocycles. The number of amides is 9. The Balaban J connectivity index is 0.797. The van der Waals surface area contributed by atoms with Gasteiger partial charge in [0, 0.05) is 72.8 Å². The second kappa shape index (κ2) is 33.7. The number of benzene rings is 2. The highest BCUT2D eigenvalue weighted by molar-refractivity contribution is 6.12. The van der Waals surface area contributed by atoms with Crippen molar-refractivity contribution >= 4 is 70.0 Å². The molecule has 31 nitrogen and oxygen atoms in total. The van der Waals surface area contributed by atoms with Crippen LogP contribution in [0.2, 0.25) is 0 Å². The van der Waals surface area contributed by atoms with Crippen molar-refractivity contribution in [1.29, 1.82) is 0 Å². The Bertz CT molecular complexity index is 3680. The number of nitrogens with zero attached hydrogens (tertiary/aromatic N) is 3. The summed E-state index contributed by atoms with van der Waals surface area (Å²) in [5.41, 5.74) is 2.39. The van der Waals surface area contributed by atoms with Gasteiger partial charge in [-0.2, -0.15) is 0 Å². The Morgan fingerprint density at radius 2 is 1.52 bits per heavy atom. The monoisotopic (exact) mass is 1340 g/mol. The molecule has 1 aliphatic carbocycles. The molecule has 0 saturated carbocycles. The van der Waals surface area contributed by atoms with Gasteiger partial charge < -0.3 is 91.6 Å². The highest BCUT2D eigenvalue weighted by atomic mass is 16.6. The van der Waals surface area contributed by atoms with Gasteiger partial charge in [-0.05, 0) is 67.3 Å². The number of pyridine rings is 2. The third-order valence-corrected chi connectivity index (χ3v) is 16.8. The van der Waals surface area contributed by atoms with Gasteiger partial charge in [-0.3, -0.25) is 52.8 Å². The van der Waals surface area contributed by atoms with Gasteiger partial charge in [-0.15, -0.1) is 0 Å². The van der Waals surface area contributed by atoms with Crippen LogP contribution in [-0.2, 0) is 93.8 Å². The van der Waals surface area contributed by atoms with Gasteiger partial charge in [0.05, 0.1) is 81.6 Å². The lowest BCUT2D eigenvalue weighted by atomic mass is 9.83. The number of hydrogen-bond acceptors (Lipinski definition) is 22. The minimum absolute atomic E-state index is 0.0139. The number of esters is 1. The number of cyclic esters (lactones) is 1. The van der Waals surface area contributed by atoms with E-state index >= 15 is 0 Å². The molecule has 7 atom stereocenters. The van der Waals surface area contributed by atoms with Crippen molar-refractivity contribution in [1.82, 2.24) is 57.0 Å². The summed E-state index contributed by atoms with van der Waals surface area (Å²) in [6, 6.07) is 11.0. The fourth-order valence-corrected chi connectivity index (χ4v) is 11.6. The summed E-state index contributed by atoms with van der Waals surface area (Å²) >= 11 is 0. The summed E-state index contributed by atoms with van der Waals surface area (Å²) in [7, 11) is 1.54. The number of ether oxygens (including phenoxy) is 4. The van der Waals surface area contributed by atoms with Crippen LogP contribution in [0.15, 0.2) is 77.8 Å². The maximum Gasteiger partial charge on any atom is 0.343 e. The van der Waals surface area contributed by atoms with Crippen LogP contribution >= 0.6 is 0 Å². The Hall–Kier alpha value is -9.50. The lowest BCUT2D eigenvalue weighted by molar-refractivity contribution is -0.172. The van der Waals surface area contributed by atoms with Gasteiger partial charge in [0.15, 0.2) is 5.60 Å². The average Bonchev–Trinajstić information content (AvgIpc) is 1.49. The normalized spacial score (nSPS) is 17.3. The van der Waals surface area contributed by atoms with Crippen molar-refractivity contribution in [2.45, 2.75) is 126 Å². The molecule has 4 aliphatic rings. The van der Waals surface area contributed by atoms with Gasteiger partial charge in [-0.25, -0.2) is 9.78 Å². The van der Waals surface area contributed by atoms with Crippen molar-refractivity contribution in [2.75, 3.05) is 73.0 Å². The fraction of sp³-hybridized carbons (Fsp3) is 0.477. The number of aryl methyl sites for hydroxylation is 1. The van der Waals surface area contributed by atoms with E-state index < -0.39 is 146 Å². The summed E-state index contributed by atoms with van der Waals surface area (Å²) in [6.45, 7) is 1.50. The summed E-state index contributed by atoms with van der Waals surface area (Å²) in [4.78, 5) is 150. The minimum Gasteiger partial charge on any atom is -0.497 e. The standard InChI is InChI=1S/C65H81N11O20/c1-4-65(92)42-26-47-59-40(30-76(47)63(90)41(42)33-96-64(65)91)58-43(15-14-38-24-39(93-3)25-45(74-59)57(38)58)71-54(84)34-94-35-70-52(82)28-69-62(89)46(23-37-11-7-5-8-12-37)73-53(83)29-67-36(2)27-68-61(88)44(72-51(81)13-9-6-10-21-75-55(85)18-19-56(75)86)16-17-50(80)66-20-22-95-49(32-78)60(87)48(79)31-77/h5,7-8,11-12,18-19,24-26,43-44,46,48-49,60,67,77-79,87,92H,2,4,6,9-10,13-17,20-23,27-35H2,1,3H3,(H,66,80)(H,68,88)(H,69,89)(H,70,82)(H,71,84)(H,72,81)(H,73,83)/t43-,44+,46+,48-,49-,60+,65+/m1/s1. The number of carbonyl (C=O) groups excluding carboxylic acids is 10. The number of hydrogen-bond donors (Lipinski definition) is 13. The first kappa shape index (κ1) is 72.3. The third-order valence-electron chi connectivity index (χ3n) is 16.8. The van der Waals surface area contributed by atoms with Gasteiger partial charge in [-0.1, -0.05) is 50.3 Å². The molecule has 0 unspecified atom stereocenters. The van der Waals surface area contributed by atoms with Crippen molar-refractivity contribution in [3.8, 4) is 17.1 Å². The van der Waals surface area contributed by atoms with Gasteiger partial charge in [0.25, 0.3) is 17.4 Å². The van der Waals surface area contributed by atoms with Crippen LogP contribution in [0.3, 0.4) is 0 Å². The molecule has 9 amide bonds. The zero-order chi connectivity index (χ0) is 69.2. The van der Waals surface area contributed by atoms with Crippen LogP contribution in [0.4, 0.5) is 0 Å². The van der Waals surface area contributed by atoms with E-state index in [0.717, 1.165) is 21.4 Å². The van der Waals surface area contributed by atoms with Gasteiger partial charge >= 0.3 is 5.97 Å². The number of methoxy groups -OCH3 is 1. The zero-order valence-electron chi connectivity index (χ0n) is 53.2. The first-order valence-electron chi connectivity index (χ1n) is 31.5. The van der Waals surface area contributed by atoms with E-state index in [0.29, 0.717) is 65.9 Å². The molecule has 0 saturated heterocycles. The van der Waals surface area contributed by atoms with Crippen molar-refractivity contribution in [2.24, 2.45) is 0 Å². The number of fused-ring (bicyclic) bond motifs is 5. The van der Waals surface area contributed by atoms with Crippen molar-refractivity contribution in [3.05, 3.63) is 117 Å². The number of imide groups is 1. The summed E-state index contributed by atoms with van der Waals surface area (Å²) in [5, 5.41) is 71.9. The highest BCUT2D eigenvalue weighted by Gasteiger charge is 2.46. The first-order valence-corrected chi connectivity index (χ1v) is 31.5. The molecule has 4 aromatic rings. The Morgan fingerprint density at radius 1 is 0.802 bits per heavy atom. The number of carbonyl (C=O) groups is 10. The molecule has 31 heteroatoms. The van der Waals surface area contributed by atoms with E-state index in [1.807, 2.05) is 6.07 Å².